The SMILES string of the molecule is C/C=C\NC(C)c1ccc(C)c(-c2c(CCCC(C)C(C)C)ccc3c2CCC3=O)c1.CC. The summed E-state index contributed by atoms with van der Waals surface area (Å²) in [4.78, 5) is 12.5. The fourth-order valence-corrected chi connectivity index (χ4v) is 4.60. The van der Waals surface area contributed by atoms with Crippen molar-refractivity contribution in [1.29, 1.82) is 0 Å². The van der Waals surface area contributed by atoms with Crippen LogP contribution in [-0.4, -0.2) is 5.78 Å². The number of nitrogens with one attached hydrogen (secondary N) is 1. The van der Waals surface area contributed by atoms with E-state index < -0.39 is 0 Å². The summed E-state index contributed by atoms with van der Waals surface area (Å²) < 4.78 is 0. The molecule has 180 valence electrons. The van der Waals surface area contributed by atoms with Gasteiger partial charge in [-0.05, 0) is 97.5 Å². The molecule has 2 aromatic carbocycles. The molecule has 0 heterocycles. The number of fused-ring (bicyclic) bond motifs is 1. The molecule has 1 aliphatic rings. The summed E-state index contributed by atoms with van der Waals surface area (Å²) >= 11 is 0. The van der Waals surface area contributed by atoms with E-state index in [2.05, 4.69) is 70.3 Å². The number of hydrogen-bond donors (Lipinski definition) is 1. The molecule has 2 nitrogen and oxygen atoms in total. The van der Waals surface area contributed by atoms with Gasteiger partial charge in [0.15, 0.2) is 5.78 Å². The van der Waals surface area contributed by atoms with Crippen molar-refractivity contribution in [1.82, 2.24) is 5.32 Å². The predicted molar refractivity (Wildman–Crippen MR) is 144 cm³/mol. The van der Waals surface area contributed by atoms with E-state index in [1.165, 1.54) is 46.2 Å². The number of aryl methyl sites for hydroxylation is 2. The zero-order valence-electron chi connectivity index (χ0n) is 22.2. The largest absolute Gasteiger partial charge is 0.385 e. The molecule has 0 fully saturated rings. The lowest BCUT2D eigenvalue weighted by atomic mass is 9.85. The highest BCUT2D eigenvalue weighted by atomic mass is 16.1. The molecule has 1 N–H and O–H groups in total. The van der Waals surface area contributed by atoms with E-state index in [0.717, 1.165) is 30.2 Å². The molecule has 0 radical (unpaired) electrons. The first-order valence-electron chi connectivity index (χ1n) is 13.0. The highest BCUT2D eigenvalue weighted by Gasteiger charge is 2.25. The first kappa shape index (κ1) is 26.9. The second kappa shape index (κ2) is 12.8. The van der Waals surface area contributed by atoms with E-state index in [4.69, 9.17) is 0 Å². The van der Waals surface area contributed by atoms with E-state index in [-0.39, 0.29) is 6.04 Å². The third-order valence-corrected chi connectivity index (χ3v) is 7.09. The van der Waals surface area contributed by atoms with Crippen LogP contribution in [0.3, 0.4) is 0 Å². The molecule has 33 heavy (non-hydrogen) atoms. The highest BCUT2D eigenvalue weighted by molar-refractivity contribution is 6.03. The number of benzene rings is 2. The van der Waals surface area contributed by atoms with Crippen molar-refractivity contribution in [2.45, 2.75) is 93.5 Å². The molecule has 0 saturated heterocycles. The van der Waals surface area contributed by atoms with Gasteiger partial charge in [0.2, 0.25) is 0 Å². The Morgan fingerprint density at radius 2 is 1.73 bits per heavy atom. The molecule has 0 aliphatic heterocycles. The Balaban J connectivity index is 0.00000187. The fourth-order valence-electron chi connectivity index (χ4n) is 4.60. The summed E-state index contributed by atoms with van der Waals surface area (Å²) in [6, 6.07) is 11.4. The lowest BCUT2D eigenvalue weighted by Crippen LogP contribution is -2.12. The third kappa shape index (κ3) is 6.59. The van der Waals surface area contributed by atoms with Crippen molar-refractivity contribution < 1.29 is 4.79 Å². The second-order valence-corrected chi connectivity index (χ2v) is 9.63. The summed E-state index contributed by atoms with van der Waals surface area (Å²) in [6.07, 6.45) is 9.06. The highest BCUT2D eigenvalue weighted by Crippen LogP contribution is 2.38. The van der Waals surface area contributed by atoms with Gasteiger partial charge in [-0.15, -0.1) is 0 Å². The number of rotatable bonds is 9. The van der Waals surface area contributed by atoms with Crippen LogP contribution in [0.5, 0.6) is 0 Å². The minimum absolute atomic E-state index is 0.240. The predicted octanol–water partition coefficient (Wildman–Crippen LogP) is 8.62. The zero-order chi connectivity index (χ0) is 24.5. The lowest BCUT2D eigenvalue weighted by molar-refractivity contribution is 0.0994. The minimum atomic E-state index is 0.240. The van der Waals surface area contributed by atoms with Gasteiger partial charge < -0.3 is 5.32 Å². The van der Waals surface area contributed by atoms with E-state index in [1.807, 2.05) is 33.0 Å². The van der Waals surface area contributed by atoms with Crippen molar-refractivity contribution >= 4 is 5.78 Å². The first-order valence-corrected chi connectivity index (χ1v) is 13.0. The van der Waals surface area contributed by atoms with Gasteiger partial charge in [0.1, 0.15) is 0 Å². The van der Waals surface area contributed by atoms with Gasteiger partial charge >= 0.3 is 0 Å². The van der Waals surface area contributed by atoms with E-state index in [0.29, 0.717) is 12.2 Å². The maximum Gasteiger partial charge on any atom is 0.163 e. The van der Waals surface area contributed by atoms with Gasteiger partial charge in [-0.3, -0.25) is 4.79 Å². The van der Waals surface area contributed by atoms with Crippen LogP contribution in [0.4, 0.5) is 0 Å². The summed E-state index contributed by atoms with van der Waals surface area (Å²) in [7, 11) is 0. The molecule has 2 aromatic rings. The fraction of sp³-hybridized carbons (Fsp3) is 0.516. The van der Waals surface area contributed by atoms with Crippen molar-refractivity contribution in [3.63, 3.8) is 0 Å². The van der Waals surface area contributed by atoms with Crippen LogP contribution < -0.4 is 5.32 Å². The summed E-state index contributed by atoms with van der Waals surface area (Å²) in [5, 5.41) is 3.44. The molecular formula is C31H45NO. The second-order valence-electron chi connectivity index (χ2n) is 9.63. The maximum atomic E-state index is 12.5. The van der Waals surface area contributed by atoms with Gasteiger partial charge in [0.25, 0.3) is 0 Å². The van der Waals surface area contributed by atoms with E-state index in [9.17, 15) is 4.79 Å². The van der Waals surface area contributed by atoms with Gasteiger partial charge in [0.05, 0.1) is 0 Å². The Labute approximate surface area is 202 Å². The summed E-state index contributed by atoms with van der Waals surface area (Å²) in [6.45, 7) is 17.4. The summed E-state index contributed by atoms with van der Waals surface area (Å²) in [5.74, 6) is 1.76. The molecule has 0 spiro atoms. The number of allylic oxidation sites excluding steroid dienone is 1. The standard InChI is InChI=1S/C29H39NO.C2H6/c1-7-17-30-22(6)24-12-11-21(5)27(18-24)29-23(10-8-9-20(4)19(2)3)13-14-25-26(29)15-16-28(25)31;1-2/h7,11-14,17-20,22,30H,8-10,15-16H2,1-6H3;1-2H3/b17-7-;. The number of carbonyl (C=O) groups is 1. The smallest absolute Gasteiger partial charge is 0.163 e. The Morgan fingerprint density at radius 1 is 1.00 bits per heavy atom. The number of hydrogen-bond acceptors (Lipinski definition) is 2. The Hall–Kier alpha value is -2.35. The van der Waals surface area contributed by atoms with Crippen molar-refractivity contribution in [2.24, 2.45) is 11.8 Å². The molecule has 0 bridgehead atoms. The quantitative estimate of drug-likeness (QED) is 0.417. The average molecular weight is 448 g/mol. The molecular weight excluding hydrogens is 402 g/mol. The van der Waals surface area contributed by atoms with Crippen LogP contribution in [-0.2, 0) is 12.8 Å². The maximum absolute atomic E-state index is 12.5. The van der Waals surface area contributed by atoms with Gasteiger partial charge in [0, 0.05) is 18.0 Å². The molecule has 0 saturated carbocycles. The first-order chi connectivity index (χ1) is 15.8. The normalized spacial score (nSPS) is 14.8. The lowest BCUT2D eigenvalue weighted by Gasteiger charge is -2.20. The molecule has 2 unspecified atom stereocenters. The van der Waals surface area contributed by atoms with Crippen LogP contribution in [0, 0.1) is 18.8 Å². The molecule has 2 heteroatoms. The Morgan fingerprint density at radius 3 is 2.39 bits per heavy atom. The summed E-state index contributed by atoms with van der Waals surface area (Å²) in [5.41, 5.74) is 8.81. The average Bonchev–Trinajstić information content (AvgIpc) is 3.19. The van der Waals surface area contributed by atoms with Crippen LogP contribution in [0.2, 0.25) is 0 Å². The van der Waals surface area contributed by atoms with Crippen molar-refractivity contribution in [3.8, 4) is 11.1 Å². The zero-order valence-corrected chi connectivity index (χ0v) is 22.2. The monoisotopic (exact) mass is 447 g/mol. The third-order valence-electron chi connectivity index (χ3n) is 7.09. The van der Waals surface area contributed by atoms with Gasteiger partial charge in [-0.25, -0.2) is 0 Å². The molecule has 2 atom stereocenters. The van der Waals surface area contributed by atoms with E-state index >= 15 is 0 Å². The Bertz CT molecular complexity index is 954. The number of carbonyl (C=O) groups excluding carboxylic acids is 1. The van der Waals surface area contributed by atoms with Crippen LogP contribution in [0.15, 0.2) is 42.6 Å². The molecule has 0 amide bonds. The van der Waals surface area contributed by atoms with Crippen LogP contribution >= 0.6 is 0 Å². The van der Waals surface area contributed by atoms with Crippen LogP contribution in [0.1, 0.15) is 106 Å². The van der Waals surface area contributed by atoms with Gasteiger partial charge in [-0.1, -0.05) is 71.4 Å². The van der Waals surface area contributed by atoms with Crippen molar-refractivity contribution in [3.05, 3.63) is 70.4 Å². The minimum Gasteiger partial charge on any atom is -0.385 e. The Kier molecular flexibility index (Phi) is 10.4. The van der Waals surface area contributed by atoms with Crippen molar-refractivity contribution in [2.75, 3.05) is 0 Å². The van der Waals surface area contributed by atoms with Gasteiger partial charge in [-0.2, -0.15) is 0 Å². The van der Waals surface area contributed by atoms with E-state index in [1.54, 1.807) is 0 Å². The number of ketones is 1. The van der Waals surface area contributed by atoms with Crippen LogP contribution in [0.25, 0.3) is 11.1 Å². The molecule has 3 rings (SSSR count). The number of Topliss-reactive ketones (excluding diaryl/α,β-unsaturated/α-hetero) is 1. The topological polar surface area (TPSA) is 29.1 Å². The molecule has 1 aliphatic carbocycles. The molecule has 0 aromatic heterocycles.